The Balaban J connectivity index is 2.04. The maximum atomic E-state index is 12.7. The fourth-order valence-electron chi connectivity index (χ4n) is 2.60. The lowest BCUT2D eigenvalue weighted by Gasteiger charge is -2.23. The SMILES string of the molecule is COc1ccc(CNC(=O)C(C)(C)C(=O)Nc2cccc(C(C)=O)c2)cc1OC. The molecule has 0 aliphatic rings. The van der Waals surface area contributed by atoms with Gasteiger partial charge in [-0.15, -0.1) is 0 Å². The summed E-state index contributed by atoms with van der Waals surface area (Å²) in [6.45, 7) is 4.77. The molecule has 2 aromatic rings. The van der Waals surface area contributed by atoms with Crippen molar-refractivity contribution in [2.24, 2.45) is 5.41 Å². The van der Waals surface area contributed by atoms with Crippen molar-refractivity contribution in [1.29, 1.82) is 0 Å². The van der Waals surface area contributed by atoms with Crippen molar-refractivity contribution >= 4 is 23.3 Å². The molecule has 0 unspecified atom stereocenters. The molecule has 0 radical (unpaired) electrons. The molecule has 0 spiro atoms. The molecule has 0 saturated carbocycles. The van der Waals surface area contributed by atoms with Gasteiger partial charge in [-0.2, -0.15) is 0 Å². The second-order valence-electron chi connectivity index (χ2n) is 7.09. The lowest BCUT2D eigenvalue weighted by atomic mass is 9.90. The first-order valence-electron chi connectivity index (χ1n) is 9.10. The molecule has 0 aliphatic carbocycles. The monoisotopic (exact) mass is 398 g/mol. The van der Waals surface area contributed by atoms with Gasteiger partial charge in [-0.1, -0.05) is 18.2 Å². The van der Waals surface area contributed by atoms with E-state index >= 15 is 0 Å². The summed E-state index contributed by atoms with van der Waals surface area (Å²) in [4.78, 5) is 36.8. The molecule has 2 rings (SSSR count). The molecule has 29 heavy (non-hydrogen) atoms. The summed E-state index contributed by atoms with van der Waals surface area (Å²) in [6.07, 6.45) is 0. The van der Waals surface area contributed by atoms with E-state index in [-0.39, 0.29) is 12.3 Å². The molecule has 0 aromatic heterocycles. The summed E-state index contributed by atoms with van der Waals surface area (Å²) in [5.41, 5.74) is 0.436. The van der Waals surface area contributed by atoms with Crippen LogP contribution in [0.25, 0.3) is 0 Å². The largest absolute Gasteiger partial charge is 0.493 e. The molecule has 0 aliphatic heterocycles. The molecule has 0 fully saturated rings. The molecule has 0 heterocycles. The fourth-order valence-corrected chi connectivity index (χ4v) is 2.60. The van der Waals surface area contributed by atoms with Gasteiger partial charge in [0.05, 0.1) is 14.2 Å². The number of hydrogen-bond donors (Lipinski definition) is 2. The average Bonchev–Trinajstić information content (AvgIpc) is 2.71. The number of Topliss-reactive ketones (excluding diaryl/α,β-unsaturated/α-hetero) is 1. The predicted molar refractivity (Wildman–Crippen MR) is 110 cm³/mol. The third-order valence-electron chi connectivity index (χ3n) is 4.56. The van der Waals surface area contributed by atoms with Crippen LogP contribution in [0.15, 0.2) is 42.5 Å². The second-order valence-corrected chi connectivity index (χ2v) is 7.09. The summed E-state index contributed by atoms with van der Waals surface area (Å²) < 4.78 is 10.5. The van der Waals surface area contributed by atoms with Gasteiger partial charge >= 0.3 is 0 Å². The third kappa shape index (κ3) is 5.34. The van der Waals surface area contributed by atoms with Gasteiger partial charge in [-0.25, -0.2) is 0 Å². The summed E-state index contributed by atoms with van der Waals surface area (Å²) >= 11 is 0. The minimum atomic E-state index is -1.32. The molecule has 2 N–H and O–H groups in total. The molecule has 154 valence electrons. The van der Waals surface area contributed by atoms with Crippen LogP contribution in [0.2, 0.25) is 0 Å². The van der Waals surface area contributed by atoms with Gasteiger partial charge in [0, 0.05) is 17.8 Å². The van der Waals surface area contributed by atoms with Crippen LogP contribution >= 0.6 is 0 Å². The number of benzene rings is 2. The van der Waals surface area contributed by atoms with Gasteiger partial charge in [0.15, 0.2) is 17.3 Å². The predicted octanol–water partition coefficient (Wildman–Crippen LogP) is 3.19. The first-order chi connectivity index (χ1) is 13.7. The van der Waals surface area contributed by atoms with Crippen molar-refractivity contribution in [1.82, 2.24) is 5.32 Å². The Labute approximate surface area is 170 Å². The zero-order valence-electron chi connectivity index (χ0n) is 17.3. The van der Waals surface area contributed by atoms with E-state index in [0.717, 1.165) is 5.56 Å². The van der Waals surface area contributed by atoms with Crippen LogP contribution < -0.4 is 20.1 Å². The van der Waals surface area contributed by atoms with Crippen molar-refractivity contribution in [3.05, 3.63) is 53.6 Å². The van der Waals surface area contributed by atoms with E-state index in [1.807, 2.05) is 6.07 Å². The second kappa shape index (κ2) is 9.23. The van der Waals surface area contributed by atoms with Crippen LogP contribution in [0.4, 0.5) is 5.69 Å². The lowest BCUT2D eigenvalue weighted by Crippen LogP contribution is -2.44. The van der Waals surface area contributed by atoms with E-state index in [4.69, 9.17) is 9.47 Å². The summed E-state index contributed by atoms with van der Waals surface area (Å²) in [5.74, 6) is 0.153. The average molecular weight is 398 g/mol. The number of carbonyl (C=O) groups is 3. The van der Waals surface area contributed by atoms with Gasteiger partial charge in [-0.05, 0) is 50.6 Å². The number of ketones is 1. The van der Waals surface area contributed by atoms with Crippen molar-refractivity contribution < 1.29 is 23.9 Å². The number of nitrogens with one attached hydrogen (secondary N) is 2. The van der Waals surface area contributed by atoms with Crippen molar-refractivity contribution in [2.45, 2.75) is 27.3 Å². The Bertz CT molecular complexity index is 921. The van der Waals surface area contributed by atoms with Crippen molar-refractivity contribution in [3.8, 4) is 11.5 Å². The number of rotatable bonds is 8. The first-order valence-corrected chi connectivity index (χ1v) is 9.10. The van der Waals surface area contributed by atoms with E-state index < -0.39 is 17.2 Å². The Morgan fingerprint density at radius 3 is 2.24 bits per heavy atom. The summed E-state index contributed by atoms with van der Waals surface area (Å²) in [7, 11) is 3.08. The Morgan fingerprint density at radius 2 is 1.62 bits per heavy atom. The quantitative estimate of drug-likeness (QED) is 0.526. The topological polar surface area (TPSA) is 93.7 Å². The van der Waals surface area contributed by atoms with Gasteiger partial charge in [0.1, 0.15) is 5.41 Å². The molecule has 0 bridgehead atoms. The Morgan fingerprint density at radius 1 is 0.931 bits per heavy atom. The smallest absolute Gasteiger partial charge is 0.239 e. The standard InChI is InChI=1S/C22H26N2O5/c1-14(25)16-7-6-8-17(12-16)24-21(27)22(2,3)20(26)23-13-15-9-10-18(28-4)19(11-15)29-5/h6-12H,13H2,1-5H3,(H,23,26)(H,24,27). The molecule has 2 aromatic carbocycles. The number of ether oxygens (including phenoxy) is 2. The third-order valence-corrected chi connectivity index (χ3v) is 4.56. The Kier molecular flexibility index (Phi) is 6.98. The molecule has 0 saturated heterocycles. The fraction of sp³-hybridized carbons (Fsp3) is 0.318. The minimum Gasteiger partial charge on any atom is -0.493 e. The van der Waals surface area contributed by atoms with Crippen LogP contribution in [0.5, 0.6) is 11.5 Å². The summed E-state index contributed by atoms with van der Waals surface area (Å²) in [6, 6.07) is 11.9. The minimum absolute atomic E-state index is 0.104. The maximum absolute atomic E-state index is 12.7. The molecular weight excluding hydrogens is 372 g/mol. The Hall–Kier alpha value is -3.35. The first kappa shape index (κ1) is 21.9. The van der Waals surface area contributed by atoms with Crippen molar-refractivity contribution in [2.75, 3.05) is 19.5 Å². The van der Waals surface area contributed by atoms with Gasteiger partial charge in [0.25, 0.3) is 0 Å². The number of hydrogen-bond acceptors (Lipinski definition) is 5. The van der Waals surface area contributed by atoms with Crippen LogP contribution in [0.1, 0.15) is 36.7 Å². The number of anilines is 1. The van der Waals surface area contributed by atoms with E-state index in [9.17, 15) is 14.4 Å². The van der Waals surface area contributed by atoms with Gasteiger partial charge in [0.2, 0.25) is 11.8 Å². The molecule has 7 heteroatoms. The lowest BCUT2D eigenvalue weighted by molar-refractivity contribution is -0.138. The van der Waals surface area contributed by atoms with Gasteiger partial charge in [-0.3, -0.25) is 14.4 Å². The number of carbonyl (C=O) groups excluding carboxylic acids is 3. The molecular formula is C22H26N2O5. The van der Waals surface area contributed by atoms with E-state index in [1.54, 1.807) is 57.4 Å². The maximum Gasteiger partial charge on any atom is 0.239 e. The van der Waals surface area contributed by atoms with E-state index in [2.05, 4.69) is 10.6 Å². The zero-order valence-corrected chi connectivity index (χ0v) is 17.3. The van der Waals surface area contributed by atoms with E-state index in [0.29, 0.717) is 22.7 Å². The molecule has 7 nitrogen and oxygen atoms in total. The zero-order chi connectivity index (χ0) is 21.6. The normalized spacial score (nSPS) is 10.8. The van der Waals surface area contributed by atoms with E-state index in [1.165, 1.54) is 14.0 Å². The van der Waals surface area contributed by atoms with Crippen LogP contribution in [-0.2, 0) is 16.1 Å². The molecule has 2 amide bonds. The van der Waals surface area contributed by atoms with Crippen LogP contribution in [0.3, 0.4) is 0 Å². The highest BCUT2D eigenvalue weighted by Crippen LogP contribution is 2.27. The number of amides is 2. The number of methoxy groups -OCH3 is 2. The highest BCUT2D eigenvalue weighted by atomic mass is 16.5. The van der Waals surface area contributed by atoms with Crippen molar-refractivity contribution in [3.63, 3.8) is 0 Å². The van der Waals surface area contributed by atoms with Gasteiger partial charge < -0.3 is 20.1 Å². The van der Waals surface area contributed by atoms with Crippen LogP contribution in [0, 0.1) is 5.41 Å². The highest BCUT2D eigenvalue weighted by molar-refractivity contribution is 6.10. The summed E-state index contributed by atoms with van der Waals surface area (Å²) in [5, 5.41) is 5.48. The highest BCUT2D eigenvalue weighted by Gasteiger charge is 2.36. The van der Waals surface area contributed by atoms with Crippen LogP contribution in [-0.4, -0.2) is 31.8 Å². The molecule has 0 atom stereocenters.